The summed E-state index contributed by atoms with van der Waals surface area (Å²) < 4.78 is 5.86. The van der Waals surface area contributed by atoms with Crippen molar-refractivity contribution >= 4 is 22.6 Å². The lowest BCUT2D eigenvalue weighted by atomic mass is 9.97. The van der Waals surface area contributed by atoms with Gasteiger partial charge in [-0.15, -0.1) is 0 Å². The molecule has 2 aromatic carbocycles. The number of aryl methyl sites for hydroxylation is 1. The average molecular weight is 286 g/mol. The first-order valence-corrected chi connectivity index (χ1v) is 7.09. The zero-order chi connectivity index (χ0) is 14.1. The molecule has 3 heteroatoms. The third-order valence-electron chi connectivity index (χ3n) is 3.57. The molecule has 0 spiro atoms. The molecule has 3 rings (SSSR count). The SMILES string of the molecule is CCc1ccccc1C(N)c1cc2cc(Cl)ccc2o1. The van der Waals surface area contributed by atoms with Crippen molar-refractivity contribution in [2.45, 2.75) is 19.4 Å². The lowest BCUT2D eigenvalue weighted by Gasteiger charge is -2.13. The summed E-state index contributed by atoms with van der Waals surface area (Å²) in [5.41, 5.74) is 9.54. The fourth-order valence-electron chi connectivity index (χ4n) is 2.50. The van der Waals surface area contributed by atoms with Crippen LogP contribution in [-0.2, 0) is 6.42 Å². The normalized spacial score (nSPS) is 12.8. The topological polar surface area (TPSA) is 39.2 Å². The number of hydrogen-bond acceptors (Lipinski definition) is 2. The molecular formula is C17H16ClNO. The van der Waals surface area contributed by atoms with Gasteiger partial charge in [0, 0.05) is 10.4 Å². The smallest absolute Gasteiger partial charge is 0.134 e. The van der Waals surface area contributed by atoms with Crippen molar-refractivity contribution < 1.29 is 4.42 Å². The van der Waals surface area contributed by atoms with Crippen LogP contribution in [0.25, 0.3) is 11.0 Å². The van der Waals surface area contributed by atoms with Gasteiger partial charge in [-0.2, -0.15) is 0 Å². The molecular weight excluding hydrogens is 270 g/mol. The molecule has 0 bridgehead atoms. The lowest BCUT2D eigenvalue weighted by molar-refractivity contribution is 0.524. The number of furan rings is 1. The molecule has 1 aromatic heterocycles. The predicted molar refractivity (Wildman–Crippen MR) is 83.1 cm³/mol. The van der Waals surface area contributed by atoms with Crippen LogP contribution in [0.5, 0.6) is 0 Å². The summed E-state index contributed by atoms with van der Waals surface area (Å²) in [6.07, 6.45) is 0.954. The van der Waals surface area contributed by atoms with E-state index in [-0.39, 0.29) is 6.04 Å². The van der Waals surface area contributed by atoms with E-state index in [1.165, 1.54) is 5.56 Å². The molecule has 1 atom stereocenters. The number of nitrogens with two attached hydrogens (primary N) is 1. The molecule has 0 fully saturated rings. The van der Waals surface area contributed by atoms with Crippen LogP contribution in [0.4, 0.5) is 0 Å². The van der Waals surface area contributed by atoms with Crippen molar-refractivity contribution in [3.63, 3.8) is 0 Å². The van der Waals surface area contributed by atoms with Gasteiger partial charge in [0.1, 0.15) is 11.3 Å². The Bertz CT molecular complexity index is 748. The third-order valence-corrected chi connectivity index (χ3v) is 3.81. The standard InChI is InChI=1S/C17H16ClNO/c1-2-11-5-3-4-6-14(11)17(19)16-10-12-9-13(18)7-8-15(12)20-16/h3-10,17H,2,19H2,1H3. The zero-order valence-corrected chi connectivity index (χ0v) is 12.0. The summed E-state index contributed by atoms with van der Waals surface area (Å²) in [4.78, 5) is 0. The van der Waals surface area contributed by atoms with Crippen LogP contribution in [-0.4, -0.2) is 0 Å². The first-order chi connectivity index (χ1) is 9.69. The predicted octanol–water partition coefficient (Wildman–Crippen LogP) is 4.70. The summed E-state index contributed by atoms with van der Waals surface area (Å²) in [5.74, 6) is 0.767. The van der Waals surface area contributed by atoms with Crippen LogP contribution in [0.3, 0.4) is 0 Å². The Labute approximate surface area is 123 Å². The van der Waals surface area contributed by atoms with Crippen molar-refractivity contribution in [3.8, 4) is 0 Å². The van der Waals surface area contributed by atoms with E-state index in [1.807, 2.05) is 36.4 Å². The average Bonchev–Trinajstić information content (AvgIpc) is 2.89. The van der Waals surface area contributed by atoms with E-state index in [2.05, 4.69) is 19.1 Å². The Kier molecular flexibility index (Phi) is 3.51. The second kappa shape index (κ2) is 5.31. The quantitative estimate of drug-likeness (QED) is 0.758. The number of hydrogen-bond donors (Lipinski definition) is 1. The van der Waals surface area contributed by atoms with Gasteiger partial charge in [0.2, 0.25) is 0 Å². The Balaban J connectivity index is 2.05. The van der Waals surface area contributed by atoms with Gasteiger partial charge in [-0.3, -0.25) is 0 Å². The fourth-order valence-corrected chi connectivity index (χ4v) is 2.68. The highest BCUT2D eigenvalue weighted by molar-refractivity contribution is 6.31. The fraction of sp³-hybridized carbons (Fsp3) is 0.176. The summed E-state index contributed by atoms with van der Waals surface area (Å²) in [6.45, 7) is 2.13. The lowest BCUT2D eigenvalue weighted by Crippen LogP contribution is -2.13. The molecule has 0 aliphatic rings. The molecule has 2 nitrogen and oxygen atoms in total. The highest BCUT2D eigenvalue weighted by atomic mass is 35.5. The van der Waals surface area contributed by atoms with Crippen molar-refractivity contribution in [2.75, 3.05) is 0 Å². The Hall–Kier alpha value is -1.77. The van der Waals surface area contributed by atoms with E-state index in [1.54, 1.807) is 0 Å². The maximum atomic E-state index is 6.37. The monoisotopic (exact) mass is 285 g/mol. The van der Waals surface area contributed by atoms with Crippen molar-refractivity contribution in [3.05, 3.63) is 70.4 Å². The van der Waals surface area contributed by atoms with Crippen molar-refractivity contribution in [1.82, 2.24) is 0 Å². The Morgan fingerprint density at radius 1 is 1.15 bits per heavy atom. The van der Waals surface area contributed by atoms with Crippen LogP contribution in [0.15, 0.2) is 52.9 Å². The van der Waals surface area contributed by atoms with Crippen molar-refractivity contribution in [1.29, 1.82) is 0 Å². The van der Waals surface area contributed by atoms with Crippen LogP contribution in [0, 0.1) is 0 Å². The molecule has 0 radical (unpaired) electrons. The molecule has 0 aliphatic heterocycles. The molecule has 0 amide bonds. The molecule has 2 N–H and O–H groups in total. The zero-order valence-electron chi connectivity index (χ0n) is 11.3. The molecule has 0 saturated carbocycles. The summed E-state index contributed by atoms with van der Waals surface area (Å²) in [6, 6.07) is 15.5. The van der Waals surface area contributed by atoms with E-state index >= 15 is 0 Å². The largest absolute Gasteiger partial charge is 0.459 e. The van der Waals surface area contributed by atoms with Crippen LogP contribution in [0.2, 0.25) is 5.02 Å². The van der Waals surface area contributed by atoms with Gasteiger partial charge in [-0.05, 0) is 41.8 Å². The van der Waals surface area contributed by atoms with Crippen LogP contribution < -0.4 is 5.73 Å². The molecule has 20 heavy (non-hydrogen) atoms. The highest BCUT2D eigenvalue weighted by Gasteiger charge is 2.16. The highest BCUT2D eigenvalue weighted by Crippen LogP contribution is 2.29. The summed E-state index contributed by atoms with van der Waals surface area (Å²) in [5, 5.41) is 1.68. The van der Waals surface area contributed by atoms with Gasteiger partial charge in [0.15, 0.2) is 0 Å². The van der Waals surface area contributed by atoms with E-state index < -0.39 is 0 Å². The second-order valence-corrected chi connectivity index (χ2v) is 5.30. The maximum Gasteiger partial charge on any atom is 0.134 e. The van der Waals surface area contributed by atoms with Gasteiger partial charge < -0.3 is 10.2 Å². The molecule has 1 heterocycles. The number of rotatable bonds is 3. The van der Waals surface area contributed by atoms with Crippen LogP contribution in [0.1, 0.15) is 29.9 Å². The van der Waals surface area contributed by atoms with Crippen molar-refractivity contribution in [2.24, 2.45) is 5.73 Å². The number of halogens is 1. The third kappa shape index (κ3) is 2.33. The number of fused-ring (bicyclic) bond motifs is 1. The van der Waals surface area contributed by atoms with E-state index in [0.29, 0.717) is 5.02 Å². The summed E-state index contributed by atoms with van der Waals surface area (Å²) in [7, 11) is 0. The number of benzene rings is 2. The van der Waals surface area contributed by atoms with Crippen LogP contribution >= 0.6 is 11.6 Å². The van der Waals surface area contributed by atoms with Gasteiger partial charge in [-0.1, -0.05) is 42.8 Å². The van der Waals surface area contributed by atoms with Gasteiger partial charge in [0.05, 0.1) is 6.04 Å². The minimum absolute atomic E-state index is 0.252. The molecule has 102 valence electrons. The van der Waals surface area contributed by atoms with E-state index in [9.17, 15) is 0 Å². The molecule has 1 unspecified atom stereocenters. The Morgan fingerprint density at radius 2 is 1.95 bits per heavy atom. The van der Waals surface area contributed by atoms with Gasteiger partial charge in [-0.25, -0.2) is 0 Å². The molecule has 3 aromatic rings. The van der Waals surface area contributed by atoms with E-state index in [4.69, 9.17) is 21.8 Å². The van der Waals surface area contributed by atoms with E-state index in [0.717, 1.165) is 28.7 Å². The molecule has 0 aliphatic carbocycles. The second-order valence-electron chi connectivity index (χ2n) is 4.86. The first kappa shape index (κ1) is 13.2. The summed E-state index contributed by atoms with van der Waals surface area (Å²) >= 11 is 6.00. The maximum absolute atomic E-state index is 6.37. The first-order valence-electron chi connectivity index (χ1n) is 6.71. The Morgan fingerprint density at radius 3 is 2.75 bits per heavy atom. The molecule has 0 saturated heterocycles. The van der Waals surface area contributed by atoms with Gasteiger partial charge >= 0.3 is 0 Å². The minimum Gasteiger partial charge on any atom is -0.459 e. The minimum atomic E-state index is -0.252. The van der Waals surface area contributed by atoms with Gasteiger partial charge in [0.25, 0.3) is 0 Å².